The molecule has 4 nitrogen and oxygen atoms in total. The van der Waals surface area contributed by atoms with E-state index in [2.05, 4.69) is 11.8 Å². The van der Waals surface area contributed by atoms with Crippen LogP contribution in [0.1, 0.15) is 18.4 Å². The van der Waals surface area contributed by atoms with Crippen molar-refractivity contribution in [3.05, 3.63) is 35.9 Å². The van der Waals surface area contributed by atoms with Crippen LogP contribution in [0.2, 0.25) is 0 Å². The van der Waals surface area contributed by atoms with Crippen LogP contribution in [0.3, 0.4) is 0 Å². The van der Waals surface area contributed by atoms with Gasteiger partial charge in [0, 0.05) is 31.5 Å². The molecule has 0 heterocycles. The minimum absolute atomic E-state index is 0.0593. The highest BCUT2D eigenvalue weighted by Crippen LogP contribution is 1.96. The first-order chi connectivity index (χ1) is 8.59. The molecular formula is C14H15NO3. The fourth-order valence-corrected chi connectivity index (χ4v) is 1.31. The second-order valence-electron chi connectivity index (χ2n) is 3.84. The number of carboxylic acid groups (broad SMARTS) is 1. The summed E-state index contributed by atoms with van der Waals surface area (Å²) < 4.78 is 0. The Hall–Kier alpha value is -2.28. The van der Waals surface area contributed by atoms with Gasteiger partial charge in [-0.05, 0) is 18.6 Å². The Balaban J connectivity index is 2.45. The summed E-state index contributed by atoms with van der Waals surface area (Å²) in [5, 5.41) is 8.49. The van der Waals surface area contributed by atoms with Gasteiger partial charge in [-0.3, -0.25) is 9.59 Å². The molecule has 1 N–H and O–H groups in total. The standard InChI is InChI=1S/C14H15NO3/c1-15(11-5-8-14(17)18)13(16)10-9-12-6-3-2-4-7-12/h2-4,6-7H,5,8,11H2,1H3,(H,17,18). The number of carboxylic acids is 1. The number of rotatable bonds is 4. The van der Waals surface area contributed by atoms with Crippen molar-refractivity contribution in [2.75, 3.05) is 13.6 Å². The Morgan fingerprint density at radius 3 is 2.56 bits per heavy atom. The van der Waals surface area contributed by atoms with Crippen LogP contribution in [-0.4, -0.2) is 35.5 Å². The number of hydrogen-bond acceptors (Lipinski definition) is 2. The van der Waals surface area contributed by atoms with Crippen molar-refractivity contribution in [3.63, 3.8) is 0 Å². The second-order valence-corrected chi connectivity index (χ2v) is 3.84. The van der Waals surface area contributed by atoms with Crippen molar-refractivity contribution in [2.24, 2.45) is 0 Å². The Labute approximate surface area is 106 Å². The van der Waals surface area contributed by atoms with Crippen LogP contribution in [0.4, 0.5) is 0 Å². The van der Waals surface area contributed by atoms with Gasteiger partial charge in [0.25, 0.3) is 5.91 Å². The molecule has 0 radical (unpaired) electrons. The Morgan fingerprint density at radius 2 is 1.94 bits per heavy atom. The number of nitrogens with zero attached hydrogens (tertiary/aromatic N) is 1. The van der Waals surface area contributed by atoms with E-state index in [1.165, 1.54) is 4.90 Å². The van der Waals surface area contributed by atoms with Crippen LogP contribution in [0.15, 0.2) is 30.3 Å². The molecule has 0 aliphatic carbocycles. The summed E-state index contributed by atoms with van der Waals surface area (Å²) in [5.74, 6) is 4.14. The molecule has 18 heavy (non-hydrogen) atoms. The van der Waals surface area contributed by atoms with Crippen LogP contribution in [0.5, 0.6) is 0 Å². The lowest BCUT2D eigenvalue weighted by Crippen LogP contribution is -2.26. The number of hydrogen-bond donors (Lipinski definition) is 1. The van der Waals surface area contributed by atoms with Crippen molar-refractivity contribution >= 4 is 11.9 Å². The molecule has 4 heteroatoms. The lowest BCUT2D eigenvalue weighted by Gasteiger charge is -2.12. The molecule has 0 spiro atoms. The monoisotopic (exact) mass is 245 g/mol. The maximum atomic E-state index is 11.6. The van der Waals surface area contributed by atoms with Crippen LogP contribution < -0.4 is 0 Å². The average molecular weight is 245 g/mol. The highest BCUT2D eigenvalue weighted by atomic mass is 16.4. The van der Waals surface area contributed by atoms with Crippen LogP contribution >= 0.6 is 0 Å². The second kappa shape index (κ2) is 7.13. The summed E-state index contributed by atoms with van der Waals surface area (Å²) in [5.41, 5.74) is 0.782. The molecular weight excluding hydrogens is 230 g/mol. The summed E-state index contributed by atoms with van der Waals surface area (Å²) >= 11 is 0. The predicted molar refractivity (Wildman–Crippen MR) is 67.8 cm³/mol. The van der Waals surface area contributed by atoms with Gasteiger partial charge in [-0.25, -0.2) is 0 Å². The first-order valence-corrected chi connectivity index (χ1v) is 5.63. The predicted octanol–water partition coefficient (Wildman–Crippen LogP) is 1.36. The third kappa shape index (κ3) is 5.17. The number of amides is 1. The smallest absolute Gasteiger partial charge is 0.303 e. The van der Waals surface area contributed by atoms with Crippen molar-refractivity contribution in [3.8, 4) is 11.8 Å². The largest absolute Gasteiger partial charge is 0.481 e. The van der Waals surface area contributed by atoms with Gasteiger partial charge in [0.05, 0.1) is 0 Å². The number of carbonyl (C=O) groups excluding carboxylic acids is 1. The topological polar surface area (TPSA) is 57.6 Å². The molecule has 0 saturated carbocycles. The average Bonchev–Trinajstić information content (AvgIpc) is 2.36. The molecule has 0 aromatic heterocycles. The maximum Gasteiger partial charge on any atom is 0.303 e. The van der Waals surface area contributed by atoms with Crippen molar-refractivity contribution in [1.29, 1.82) is 0 Å². The molecule has 1 aromatic carbocycles. The summed E-state index contributed by atoms with van der Waals surface area (Å²) in [6.07, 6.45) is 0.494. The first-order valence-electron chi connectivity index (χ1n) is 5.63. The van der Waals surface area contributed by atoms with Crippen LogP contribution in [0.25, 0.3) is 0 Å². The van der Waals surface area contributed by atoms with Gasteiger partial charge in [0.15, 0.2) is 0 Å². The number of carbonyl (C=O) groups is 2. The molecule has 0 unspecified atom stereocenters. The molecule has 1 rings (SSSR count). The van der Waals surface area contributed by atoms with Crippen LogP contribution in [0, 0.1) is 11.8 Å². The van der Waals surface area contributed by atoms with Gasteiger partial charge < -0.3 is 10.0 Å². The molecule has 94 valence electrons. The van der Waals surface area contributed by atoms with Gasteiger partial charge in [-0.2, -0.15) is 0 Å². The highest BCUT2D eigenvalue weighted by Gasteiger charge is 2.05. The molecule has 1 amide bonds. The van der Waals surface area contributed by atoms with E-state index >= 15 is 0 Å². The highest BCUT2D eigenvalue weighted by molar-refractivity contribution is 5.93. The zero-order valence-electron chi connectivity index (χ0n) is 10.2. The van der Waals surface area contributed by atoms with Gasteiger partial charge in [0.1, 0.15) is 0 Å². The lowest BCUT2D eigenvalue weighted by molar-refractivity contribution is -0.137. The first kappa shape index (κ1) is 13.8. The van der Waals surface area contributed by atoms with E-state index in [1.807, 2.05) is 30.3 Å². The van der Waals surface area contributed by atoms with E-state index < -0.39 is 5.97 Å². The van der Waals surface area contributed by atoms with Gasteiger partial charge >= 0.3 is 5.97 Å². The van der Waals surface area contributed by atoms with Crippen LogP contribution in [-0.2, 0) is 9.59 Å². The van der Waals surface area contributed by atoms with E-state index in [1.54, 1.807) is 7.05 Å². The molecule has 0 aliphatic heterocycles. The zero-order chi connectivity index (χ0) is 13.4. The minimum Gasteiger partial charge on any atom is -0.481 e. The summed E-state index contributed by atoms with van der Waals surface area (Å²) in [6.45, 7) is 0.397. The third-order valence-corrected chi connectivity index (χ3v) is 2.32. The van der Waals surface area contributed by atoms with E-state index in [9.17, 15) is 9.59 Å². The Bertz CT molecular complexity index is 471. The summed E-state index contributed by atoms with van der Waals surface area (Å²) in [7, 11) is 1.61. The summed E-state index contributed by atoms with van der Waals surface area (Å²) in [4.78, 5) is 23.4. The maximum absolute atomic E-state index is 11.6. The molecule has 1 aromatic rings. The van der Waals surface area contributed by atoms with E-state index in [4.69, 9.17) is 5.11 Å². The van der Waals surface area contributed by atoms with Crippen molar-refractivity contribution < 1.29 is 14.7 Å². The Kier molecular flexibility index (Phi) is 5.46. The third-order valence-electron chi connectivity index (χ3n) is 2.32. The van der Waals surface area contributed by atoms with Gasteiger partial charge in [-0.1, -0.05) is 24.1 Å². The van der Waals surface area contributed by atoms with E-state index in [0.29, 0.717) is 13.0 Å². The van der Waals surface area contributed by atoms with Gasteiger partial charge in [0.2, 0.25) is 0 Å². The quantitative estimate of drug-likeness (QED) is 0.815. The number of benzene rings is 1. The molecule has 0 bridgehead atoms. The van der Waals surface area contributed by atoms with E-state index in [0.717, 1.165) is 5.56 Å². The fourth-order valence-electron chi connectivity index (χ4n) is 1.31. The van der Waals surface area contributed by atoms with Crippen molar-refractivity contribution in [2.45, 2.75) is 12.8 Å². The van der Waals surface area contributed by atoms with E-state index in [-0.39, 0.29) is 12.3 Å². The summed E-state index contributed by atoms with van der Waals surface area (Å²) in [6, 6.07) is 9.23. The molecule has 0 saturated heterocycles. The SMILES string of the molecule is CN(CCCC(=O)O)C(=O)C#Cc1ccccc1. The zero-order valence-corrected chi connectivity index (χ0v) is 10.2. The lowest BCUT2D eigenvalue weighted by atomic mass is 10.2. The fraction of sp³-hybridized carbons (Fsp3) is 0.286. The number of aliphatic carboxylic acids is 1. The Morgan fingerprint density at radius 1 is 1.28 bits per heavy atom. The molecule has 0 aliphatic rings. The van der Waals surface area contributed by atoms with Gasteiger partial charge in [-0.15, -0.1) is 0 Å². The molecule has 0 fully saturated rings. The minimum atomic E-state index is -0.855. The normalized spacial score (nSPS) is 9.17. The molecule has 0 atom stereocenters. The van der Waals surface area contributed by atoms with Crippen molar-refractivity contribution in [1.82, 2.24) is 4.90 Å².